The van der Waals surface area contributed by atoms with Gasteiger partial charge in [0, 0.05) is 5.56 Å². The van der Waals surface area contributed by atoms with E-state index in [-0.39, 0.29) is 11.5 Å². The third-order valence-corrected chi connectivity index (χ3v) is 7.07. The molecule has 0 spiro atoms. The molecule has 0 unspecified atom stereocenters. The van der Waals surface area contributed by atoms with Crippen molar-refractivity contribution in [2.24, 2.45) is 0 Å². The molecule has 1 aliphatic rings. The van der Waals surface area contributed by atoms with Gasteiger partial charge in [-0.25, -0.2) is 17.6 Å². The highest BCUT2D eigenvalue weighted by Crippen LogP contribution is 2.37. The number of halogens is 5. The molecule has 0 aromatic heterocycles. The lowest BCUT2D eigenvalue weighted by Gasteiger charge is -2.14. The van der Waals surface area contributed by atoms with Crippen LogP contribution in [0.2, 0.25) is 0 Å². The van der Waals surface area contributed by atoms with E-state index in [9.17, 15) is 31.9 Å². The minimum Gasteiger partial charge on any atom is -0.493 e. The summed E-state index contributed by atoms with van der Waals surface area (Å²) in [6, 6.07) is 10.8. The molecule has 0 saturated carbocycles. The van der Waals surface area contributed by atoms with Crippen molar-refractivity contribution in [3.8, 4) is 11.5 Å². The number of hydrogen-bond acceptors (Lipinski definition) is 6. The van der Waals surface area contributed by atoms with E-state index in [1.54, 1.807) is 30.3 Å². The molecule has 0 bridgehead atoms. The minimum absolute atomic E-state index is 0.00434. The highest BCUT2D eigenvalue weighted by atomic mass is 127. The van der Waals surface area contributed by atoms with Crippen molar-refractivity contribution < 1.29 is 41.4 Å². The third-order valence-electron chi connectivity index (χ3n) is 5.36. The Balaban J connectivity index is 1.48. The van der Waals surface area contributed by atoms with Gasteiger partial charge in [-0.05, 0) is 76.3 Å². The molecule has 202 valence electrons. The van der Waals surface area contributed by atoms with Crippen LogP contribution in [0.5, 0.6) is 11.5 Å². The van der Waals surface area contributed by atoms with Gasteiger partial charge < -0.3 is 14.8 Å². The van der Waals surface area contributed by atoms with Crippen molar-refractivity contribution in [2.75, 3.05) is 19.0 Å². The van der Waals surface area contributed by atoms with Gasteiger partial charge in [-0.3, -0.25) is 19.3 Å². The summed E-state index contributed by atoms with van der Waals surface area (Å²) >= 11 is 2.57. The highest BCUT2D eigenvalue weighted by molar-refractivity contribution is 14.1. The fourth-order valence-corrected chi connectivity index (χ4v) is 5.09. The number of rotatable bonds is 8. The Kier molecular flexibility index (Phi) is 8.80. The van der Waals surface area contributed by atoms with Gasteiger partial charge >= 0.3 is 0 Å². The standard InChI is InChI=1S/C26H17F4IN2O5S/c1-37-19-9-13(8-17(31)24(19)38-12-14-4-2-3-5-15(14)27)10-20-25(35)33(26(36)39-20)11-21(34)32-18-7-6-16(28)22(29)23(18)30/h2-10H,11-12H2,1H3,(H,32,34)/b20-10+. The van der Waals surface area contributed by atoms with Gasteiger partial charge in [0.25, 0.3) is 11.1 Å². The molecule has 1 heterocycles. The van der Waals surface area contributed by atoms with E-state index in [1.165, 1.54) is 19.3 Å². The van der Waals surface area contributed by atoms with Gasteiger partial charge in [-0.2, -0.15) is 0 Å². The number of imide groups is 1. The summed E-state index contributed by atoms with van der Waals surface area (Å²) in [6.45, 7) is -0.822. The first-order valence-corrected chi connectivity index (χ1v) is 12.9. The van der Waals surface area contributed by atoms with Crippen LogP contribution in [0.4, 0.5) is 28.0 Å². The number of carbonyl (C=O) groups is 3. The van der Waals surface area contributed by atoms with Gasteiger partial charge in [0.1, 0.15) is 19.0 Å². The number of nitrogens with one attached hydrogen (secondary N) is 1. The average Bonchev–Trinajstić information content (AvgIpc) is 3.16. The second-order valence-electron chi connectivity index (χ2n) is 7.95. The van der Waals surface area contributed by atoms with E-state index >= 15 is 0 Å². The second-order valence-corrected chi connectivity index (χ2v) is 10.1. The summed E-state index contributed by atoms with van der Waals surface area (Å²) in [6.07, 6.45) is 1.42. The van der Waals surface area contributed by atoms with Gasteiger partial charge in [0.05, 0.1) is 21.3 Å². The summed E-state index contributed by atoms with van der Waals surface area (Å²) in [4.78, 5) is 38.2. The van der Waals surface area contributed by atoms with Gasteiger partial charge in [-0.15, -0.1) is 0 Å². The van der Waals surface area contributed by atoms with Crippen molar-refractivity contribution in [3.63, 3.8) is 0 Å². The van der Waals surface area contributed by atoms with Crippen LogP contribution in [-0.4, -0.2) is 35.6 Å². The predicted molar refractivity (Wildman–Crippen MR) is 144 cm³/mol. The predicted octanol–water partition coefficient (Wildman–Crippen LogP) is 6.11. The largest absolute Gasteiger partial charge is 0.493 e. The Hall–Kier alpha value is -3.59. The Morgan fingerprint density at radius 3 is 2.51 bits per heavy atom. The summed E-state index contributed by atoms with van der Waals surface area (Å²) in [7, 11) is 1.41. The van der Waals surface area contributed by atoms with E-state index in [1.807, 2.05) is 27.9 Å². The van der Waals surface area contributed by atoms with Crippen molar-refractivity contribution in [1.82, 2.24) is 4.90 Å². The number of anilines is 1. The number of methoxy groups -OCH3 is 1. The molecule has 13 heteroatoms. The van der Waals surface area contributed by atoms with E-state index in [2.05, 4.69) is 0 Å². The smallest absolute Gasteiger partial charge is 0.294 e. The van der Waals surface area contributed by atoms with E-state index in [0.29, 0.717) is 48.9 Å². The Bertz CT molecular complexity index is 1520. The van der Waals surface area contributed by atoms with Crippen molar-refractivity contribution in [3.05, 3.63) is 91.4 Å². The molecular formula is C26H17F4IN2O5S. The normalized spacial score (nSPS) is 14.2. The van der Waals surface area contributed by atoms with E-state index < -0.39 is 52.6 Å². The first-order valence-electron chi connectivity index (χ1n) is 11.0. The molecule has 3 aromatic carbocycles. The molecule has 7 nitrogen and oxygen atoms in total. The minimum atomic E-state index is -1.77. The Labute approximate surface area is 237 Å². The van der Waals surface area contributed by atoms with Crippen LogP contribution in [0.25, 0.3) is 6.08 Å². The summed E-state index contributed by atoms with van der Waals surface area (Å²) in [5.74, 6) is -6.34. The van der Waals surface area contributed by atoms with Gasteiger partial charge in [0.2, 0.25) is 5.91 Å². The van der Waals surface area contributed by atoms with Crippen LogP contribution in [0.3, 0.4) is 0 Å². The van der Waals surface area contributed by atoms with Gasteiger partial charge in [-0.1, -0.05) is 18.2 Å². The molecule has 1 saturated heterocycles. The lowest BCUT2D eigenvalue weighted by Crippen LogP contribution is -2.36. The number of benzene rings is 3. The number of carbonyl (C=O) groups excluding carboxylic acids is 3. The first-order chi connectivity index (χ1) is 18.6. The van der Waals surface area contributed by atoms with E-state index in [4.69, 9.17) is 9.47 Å². The quantitative estimate of drug-likeness (QED) is 0.135. The van der Waals surface area contributed by atoms with Crippen LogP contribution in [0.15, 0.2) is 53.4 Å². The highest BCUT2D eigenvalue weighted by Gasteiger charge is 2.36. The van der Waals surface area contributed by atoms with Crippen LogP contribution < -0.4 is 14.8 Å². The molecule has 1 fully saturated rings. The monoisotopic (exact) mass is 672 g/mol. The number of amides is 3. The molecule has 0 radical (unpaired) electrons. The molecule has 1 aliphatic heterocycles. The zero-order chi connectivity index (χ0) is 28.3. The molecule has 0 atom stereocenters. The van der Waals surface area contributed by atoms with Crippen LogP contribution >= 0.6 is 34.4 Å². The van der Waals surface area contributed by atoms with Crippen molar-refractivity contribution >= 4 is 63.2 Å². The second kappa shape index (κ2) is 12.1. The summed E-state index contributed by atoms with van der Waals surface area (Å²) < 4.78 is 66.1. The fraction of sp³-hybridized carbons (Fsp3) is 0.115. The molecule has 1 N–H and O–H groups in total. The molecule has 3 amide bonds. The summed E-state index contributed by atoms with van der Waals surface area (Å²) in [5.41, 5.74) is 0.193. The van der Waals surface area contributed by atoms with Crippen LogP contribution in [0.1, 0.15) is 11.1 Å². The first kappa shape index (κ1) is 28.4. The van der Waals surface area contributed by atoms with Crippen molar-refractivity contribution in [1.29, 1.82) is 0 Å². The topological polar surface area (TPSA) is 84.9 Å². The Morgan fingerprint density at radius 1 is 1.05 bits per heavy atom. The number of thioether (sulfide) groups is 1. The zero-order valence-electron chi connectivity index (χ0n) is 19.9. The number of nitrogens with zero attached hydrogens (tertiary/aromatic N) is 1. The SMILES string of the molecule is COc1cc(/C=C2/SC(=O)N(CC(=O)Nc3ccc(F)c(F)c3F)C2=O)cc(I)c1OCc1ccccc1F. The molecule has 3 aromatic rings. The lowest BCUT2D eigenvalue weighted by atomic mass is 10.1. The van der Waals surface area contributed by atoms with Crippen LogP contribution in [0, 0.1) is 26.8 Å². The maximum atomic E-state index is 13.9. The van der Waals surface area contributed by atoms with Crippen molar-refractivity contribution in [2.45, 2.75) is 6.61 Å². The Morgan fingerprint density at radius 2 is 1.79 bits per heavy atom. The maximum Gasteiger partial charge on any atom is 0.294 e. The van der Waals surface area contributed by atoms with Gasteiger partial charge in [0.15, 0.2) is 29.0 Å². The average molecular weight is 672 g/mol. The maximum absolute atomic E-state index is 13.9. The third kappa shape index (κ3) is 6.36. The lowest BCUT2D eigenvalue weighted by molar-refractivity contribution is -0.127. The van der Waals surface area contributed by atoms with Crippen LogP contribution in [-0.2, 0) is 16.2 Å². The molecule has 39 heavy (non-hydrogen) atoms. The number of ether oxygens (including phenoxy) is 2. The fourth-order valence-electron chi connectivity index (χ4n) is 3.47. The van der Waals surface area contributed by atoms with E-state index in [0.717, 1.165) is 6.07 Å². The zero-order valence-corrected chi connectivity index (χ0v) is 22.9. The number of hydrogen-bond donors (Lipinski definition) is 1. The molecule has 0 aliphatic carbocycles. The summed E-state index contributed by atoms with van der Waals surface area (Å²) in [5, 5.41) is 1.27. The molecular weight excluding hydrogens is 655 g/mol. The molecule has 4 rings (SSSR count).